The van der Waals surface area contributed by atoms with Crippen molar-refractivity contribution in [1.82, 2.24) is 9.78 Å². The highest BCUT2D eigenvalue weighted by Crippen LogP contribution is 2.20. The summed E-state index contributed by atoms with van der Waals surface area (Å²) in [4.78, 5) is 1.97. The molecule has 0 spiro atoms. The van der Waals surface area contributed by atoms with Crippen molar-refractivity contribution in [1.29, 1.82) is 0 Å². The summed E-state index contributed by atoms with van der Waals surface area (Å²) in [6.45, 7) is 0.901. The van der Waals surface area contributed by atoms with Gasteiger partial charge in [0.15, 0.2) is 0 Å². The molecule has 1 aromatic heterocycles. The fourth-order valence-electron chi connectivity index (χ4n) is 2.02. The van der Waals surface area contributed by atoms with Gasteiger partial charge in [-0.3, -0.25) is 4.68 Å². The Bertz CT molecular complexity index is 556. The first-order chi connectivity index (χ1) is 9.58. The Labute approximate surface area is 118 Å². The standard InChI is InChI=1S/C14H20N4O2/c1-17(12-4-3-5-14(6-12)20-2)9-13(19)10-18-8-11(15)7-16-18/h3-8,13,19H,9-10,15H2,1-2H3. The van der Waals surface area contributed by atoms with Crippen LogP contribution >= 0.6 is 0 Å². The Morgan fingerprint density at radius 2 is 2.30 bits per heavy atom. The third-order valence-electron chi connectivity index (χ3n) is 3.03. The van der Waals surface area contributed by atoms with Crippen LogP contribution < -0.4 is 15.4 Å². The van der Waals surface area contributed by atoms with E-state index in [0.29, 0.717) is 18.8 Å². The lowest BCUT2D eigenvalue weighted by atomic mass is 10.2. The fourth-order valence-corrected chi connectivity index (χ4v) is 2.02. The van der Waals surface area contributed by atoms with Gasteiger partial charge in [-0.05, 0) is 12.1 Å². The SMILES string of the molecule is COc1cccc(N(C)CC(O)Cn2cc(N)cn2)c1. The molecule has 0 saturated heterocycles. The van der Waals surface area contributed by atoms with Gasteiger partial charge in [0.25, 0.3) is 0 Å². The minimum Gasteiger partial charge on any atom is -0.497 e. The van der Waals surface area contributed by atoms with Crippen LogP contribution in [0.4, 0.5) is 11.4 Å². The van der Waals surface area contributed by atoms with Crippen LogP contribution in [0.2, 0.25) is 0 Å². The maximum Gasteiger partial charge on any atom is 0.120 e. The molecular weight excluding hydrogens is 256 g/mol. The number of aliphatic hydroxyl groups is 1. The Balaban J connectivity index is 1.94. The molecule has 0 radical (unpaired) electrons. The van der Waals surface area contributed by atoms with E-state index in [1.165, 1.54) is 0 Å². The molecule has 1 aromatic carbocycles. The normalized spacial score (nSPS) is 12.2. The maximum atomic E-state index is 10.1. The summed E-state index contributed by atoms with van der Waals surface area (Å²) in [6, 6.07) is 7.71. The predicted octanol–water partition coefficient (Wildman–Crippen LogP) is 0.971. The van der Waals surface area contributed by atoms with Gasteiger partial charge in [-0.15, -0.1) is 0 Å². The van der Waals surface area contributed by atoms with Crippen molar-refractivity contribution < 1.29 is 9.84 Å². The molecule has 1 unspecified atom stereocenters. The molecule has 0 aliphatic rings. The van der Waals surface area contributed by atoms with E-state index in [0.717, 1.165) is 11.4 Å². The second-order valence-electron chi connectivity index (χ2n) is 4.73. The van der Waals surface area contributed by atoms with Gasteiger partial charge in [-0.2, -0.15) is 5.10 Å². The van der Waals surface area contributed by atoms with Crippen molar-refractivity contribution in [3.63, 3.8) is 0 Å². The van der Waals surface area contributed by atoms with E-state index in [2.05, 4.69) is 5.10 Å². The lowest BCUT2D eigenvalue weighted by molar-refractivity contribution is 0.156. The number of ether oxygens (including phenoxy) is 1. The van der Waals surface area contributed by atoms with Gasteiger partial charge in [0, 0.05) is 31.5 Å². The number of aromatic nitrogens is 2. The van der Waals surface area contributed by atoms with E-state index >= 15 is 0 Å². The largest absolute Gasteiger partial charge is 0.497 e. The maximum absolute atomic E-state index is 10.1. The summed E-state index contributed by atoms with van der Waals surface area (Å²) in [5.74, 6) is 0.795. The number of likely N-dealkylation sites (N-methyl/N-ethyl adjacent to an activating group) is 1. The molecule has 0 aliphatic carbocycles. The molecule has 1 heterocycles. The molecule has 2 rings (SSSR count). The van der Waals surface area contributed by atoms with Crippen LogP contribution in [0.15, 0.2) is 36.7 Å². The van der Waals surface area contributed by atoms with E-state index in [-0.39, 0.29) is 0 Å². The first-order valence-electron chi connectivity index (χ1n) is 6.39. The predicted molar refractivity (Wildman–Crippen MR) is 78.9 cm³/mol. The summed E-state index contributed by atoms with van der Waals surface area (Å²) in [7, 11) is 3.56. The summed E-state index contributed by atoms with van der Waals surface area (Å²) in [5.41, 5.74) is 7.17. The van der Waals surface area contributed by atoms with Gasteiger partial charge in [0.2, 0.25) is 0 Å². The topological polar surface area (TPSA) is 76.5 Å². The number of methoxy groups -OCH3 is 1. The molecule has 0 saturated carbocycles. The number of nitrogens with two attached hydrogens (primary N) is 1. The number of benzene rings is 1. The van der Waals surface area contributed by atoms with Crippen molar-refractivity contribution in [2.75, 3.05) is 31.3 Å². The van der Waals surface area contributed by atoms with Crippen LogP contribution in [-0.4, -0.2) is 41.7 Å². The minimum atomic E-state index is -0.537. The summed E-state index contributed by atoms with van der Waals surface area (Å²) in [5, 5.41) is 14.2. The quantitative estimate of drug-likeness (QED) is 0.822. The summed E-state index contributed by atoms with van der Waals surface area (Å²) < 4.78 is 6.83. The van der Waals surface area contributed by atoms with E-state index in [9.17, 15) is 5.11 Å². The van der Waals surface area contributed by atoms with Crippen molar-refractivity contribution in [3.05, 3.63) is 36.7 Å². The Morgan fingerprint density at radius 3 is 2.95 bits per heavy atom. The average molecular weight is 276 g/mol. The number of nitrogens with zero attached hydrogens (tertiary/aromatic N) is 3. The molecule has 20 heavy (non-hydrogen) atoms. The van der Waals surface area contributed by atoms with Gasteiger partial charge >= 0.3 is 0 Å². The molecule has 2 aromatic rings. The zero-order valence-electron chi connectivity index (χ0n) is 11.7. The fraction of sp³-hybridized carbons (Fsp3) is 0.357. The highest BCUT2D eigenvalue weighted by molar-refractivity contribution is 5.50. The molecule has 3 N–H and O–H groups in total. The molecule has 0 fully saturated rings. The third-order valence-corrected chi connectivity index (χ3v) is 3.03. The van der Waals surface area contributed by atoms with Crippen molar-refractivity contribution in [2.45, 2.75) is 12.6 Å². The molecule has 1 atom stereocenters. The van der Waals surface area contributed by atoms with Crippen molar-refractivity contribution >= 4 is 11.4 Å². The van der Waals surface area contributed by atoms with E-state index in [4.69, 9.17) is 10.5 Å². The van der Waals surface area contributed by atoms with Gasteiger partial charge < -0.3 is 20.5 Å². The number of hydrogen-bond acceptors (Lipinski definition) is 5. The second kappa shape index (κ2) is 6.29. The van der Waals surface area contributed by atoms with Crippen molar-refractivity contribution in [3.8, 4) is 5.75 Å². The molecule has 0 bridgehead atoms. The molecule has 0 aliphatic heterocycles. The second-order valence-corrected chi connectivity index (χ2v) is 4.73. The van der Waals surface area contributed by atoms with Gasteiger partial charge in [0.05, 0.1) is 31.6 Å². The smallest absolute Gasteiger partial charge is 0.120 e. The lowest BCUT2D eigenvalue weighted by Gasteiger charge is -2.23. The van der Waals surface area contributed by atoms with Crippen LogP contribution in [0, 0.1) is 0 Å². The molecule has 108 valence electrons. The van der Waals surface area contributed by atoms with Gasteiger partial charge in [0.1, 0.15) is 5.75 Å². The van der Waals surface area contributed by atoms with Crippen LogP contribution in [0.3, 0.4) is 0 Å². The van der Waals surface area contributed by atoms with Crippen molar-refractivity contribution in [2.24, 2.45) is 0 Å². The monoisotopic (exact) mass is 276 g/mol. The van der Waals surface area contributed by atoms with Crippen LogP contribution in [-0.2, 0) is 6.54 Å². The number of nitrogen functional groups attached to an aromatic ring is 1. The zero-order chi connectivity index (χ0) is 14.5. The summed E-state index contributed by atoms with van der Waals surface area (Å²) in [6.07, 6.45) is 2.73. The van der Waals surface area contributed by atoms with E-state index in [1.54, 1.807) is 24.2 Å². The average Bonchev–Trinajstić information content (AvgIpc) is 2.83. The van der Waals surface area contributed by atoms with Gasteiger partial charge in [-0.25, -0.2) is 0 Å². The lowest BCUT2D eigenvalue weighted by Crippen LogP contribution is -2.32. The number of anilines is 2. The van der Waals surface area contributed by atoms with E-state index in [1.807, 2.05) is 36.2 Å². The first kappa shape index (κ1) is 14.2. The highest BCUT2D eigenvalue weighted by atomic mass is 16.5. The molecule has 6 heteroatoms. The van der Waals surface area contributed by atoms with Gasteiger partial charge in [-0.1, -0.05) is 6.07 Å². The molecule has 0 amide bonds. The molecular formula is C14H20N4O2. The Morgan fingerprint density at radius 1 is 1.50 bits per heavy atom. The zero-order valence-corrected chi connectivity index (χ0v) is 11.7. The first-order valence-corrected chi connectivity index (χ1v) is 6.39. The highest BCUT2D eigenvalue weighted by Gasteiger charge is 2.11. The minimum absolute atomic E-state index is 0.408. The number of aliphatic hydroxyl groups excluding tert-OH is 1. The van der Waals surface area contributed by atoms with E-state index < -0.39 is 6.10 Å². The third kappa shape index (κ3) is 3.64. The Kier molecular flexibility index (Phi) is 4.47. The Hall–Kier alpha value is -2.21. The number of rotatable bonds is 6. The number of hydrogen-bond donors (Lipinski definition) is 2. The van der Waals surface area contributed by atoms with Crippen LogP contribution in [0.5, 0.6) is 5.75 Å². The van der Waals surface area contributed by atoms with Crippen LogP contribution in [0.1, 0.15) is 0 Å². The summed E-state index contributed by atoms with van der Waals surface area (Å²) >= 11 is 0. The molecule has 6 nitrogen and oxygen atoms in total. The van der Waals surface area contributed by atoms with Crippen LogP contribution in [0.25, 0.3) is 0 Å².